The number of hydrogen-bond acceptors (Lipinski definition) is 3. The van der Waals surface area contributed by atoms with Crippen LogP contribution in [0.5, 0.6) is 0 Å². The van der Waals surface area contributed by atoms with Crippen LogP contribution in [-0.2, 0) is 4.74 Å². The molecule has 0 bridgehead atoms. The Hall–Kier alpha value is -1.33. The number of halogens is 2. The number of rotatable bonds is 4. The minimum absolute atomic E-state index is 0.184. The van der Waals surface area contributed by atoms with Gasteiger partial charge in [-0.05, 0) is 25.1 Å². The average molecular weight is 269 g/mol. The van der Waals surface area contributed by atoms with E-state index in [0.717, 1.165) is 6.07 Å². The highest BCUT2D eigenvalue weighted by molar-refractivity contribution is 5.99. The predicted octanol–water partition coefficient (Wildman–Crippen LogP) is 2.08. The van der Waals surface area contributed by atoms with E-state index in [1.54, 1.807) is 0 Å². The van der Waals surface area contributed by atoms with Crippen molar-refractivity contribution in [3.05, 3.63) is 34.9 Å². The van der Waals surface area contributed by atoms with Gasteiger partial charge in [0, 0.05) is 6.04 Å². The second kappa shape index (κ2) is 5.75. The van der Waals surface area contributed by atoms with Crippen LogP contribution in [0.25, 0.3) is 0 Å². The molecule has 1 fully saturated rings. The van der Waals surface area contributed by atoms with Gasteiger partial charge in [-0.2, -0.15) is 0 Å². The molecule has 104 valence electrons. The lowest BCUT2D eigenvalue weighted by Gasteiger charge is -2.18. The molecule has 1 aromatic carbocycles. The van der Waals surface area contributed by atoms with Gasteiger partial charge in [0.15, 0.2) is 5.78 Å². The highest BCUT2D eigenvalue weighted by Crippen LogP contribution is 2.24. The van der Waals surface area contributed by atoms with Crippen molar-refractivity contribution in [3.8, 4) is 0 Å². The molecule has 1 N–H and O–H groups in total. The highest BCUT2D eigenvalue weighted by atomic mass is 19.1. The van der Waals surface area contributed by atoms with Crippen LogP contribution in [0, 0.1) is 24.5 Å². The van der Waals surface area contributed by atoms with Crippen LogP contribution < -0.4 is 5.32 Å². The van der Waals surface area contributed by atoms with Gasteiger partial charge in [-0.1, -0.05) is 13.0 Å². The van der Waals surface area contributed by atoms with E-state index in [1.165, 1.54) is 13.0 Å². The van der Waals surface area contributed by atoms with Crippen molar-refractivity contribution in [1.29, 1.82) is 0 Å². The number of ketones is 1. The summed E-state index contributed by atoms with van der Waals surface area (Å²) >= 11 is 0. The zero-order chi connectivity index (χ0) is 14.0. The summed E-state index contributed by atoms with van der Waals surface area (Å²) in [4.78, 5) is 12.3. The van der Waals surface area contributed by atoms with Crippen molar-refractivity contribution in [2.24, 2.45) is 5.92 Å². The molecule has 0 saturated carbocycles. The monoisotopic (exact) mass is 269 g/mol. The van der Waals surface area contributed by atoms with Crippen molar-refractivity contribution in [2.45, 2.75) is 19.9 Å². The Morgan fingerprint density at radius 2 is 2.16 bits per heavy atom. The van der Waals surface area contributed by atoms with E-state index in [-0.39, 0.29) is 18.2 Å². The third-order valence-electron chi connectivity index (χ3n) is 3.41. The smallest absolute Gasteiger partial charge is 0.175 e. The van der Waals surface area contributed by atoms with E-state index in [0.29, 0.717) is 13.2 Å². The van der Waals surface area contributed by atoms with Crippen LogP contribution in [0.15, 0.2) is 12.1 Å². The lowest BCUT2D eigenvalue weighted by atomic mass is 9.92. The van der Waals surface area contributed by atoms with Crippen LogP contribution in [0.2, 0.25) is 0 Å². The van der Waals surface area contributed by atoms with Gasteiger partial charge in [0.1, 0.15) is 11.6 Å². The zero-order valence-electron chi connectivity index (χ0n) is 11.0. The van der Waals surface area contributed by atoms with E-state index in [4.69, 9.17) is 4.74 Å². The van der Waals surface area contributed by atoms with Crippen LogP contribution in [-0.4, -0.2) is 31.6 Å². The summed E-state index contributed by atoms with van der Waals surface area (Å²) < 4.78 is 32.9. The maximum absolute atomic E-state index is 14.0. The molecule has 0 amide bonds. The van der Waals surface area contributed by atoms with Crippen molar-refractivity contribution in [1.82, 2.24) is 5.32 Å². The molecule has 0 spiro atoms. The highest BCUT2D eigenvalue weighted by Gasteiger charge is 2.36. The number of Topliss-reactive ketones (excluding diaryl/α,β-unsaturated/α-hetero) is 1. The quantitative estimate of drug-likeness (QED) is 0.850. The molecule has 2 rings (SSSR count). The molecule has 0 radical (unpaired) electrons. The van der Waals surface area contributed by atoms with E-state index in [1.807, 2.05) is 6.92 Å². The first kappa shape index (κ1) is 14.1. The number of hydrogen-bond donors (Lipinski definition) is 1. The summed E-state index contributed by atoms with van der Waals surface area (Å²) in [6, 6.07) is 2.27. The molecule has 0 aliphatic carbocycles. The number of carbonyl (C=O) groups is 1. The van der Waals surface area contributed by atoms with Crippen molar-refractivity contribution < 1.29 is 18.3 Å². The Bertz CT molecular complexity index is 491. The first-order valence-electron chi connectivity index (χ1n) is 6.36. The molecule has 3 nitrogen and oxygen atoms in total. The second-order valence-electron chi connectivity index (χ2n) is 4.73. The topological polar surface area (TPSA) is 38.3 Å². The van der Waals surface area contributed by atoms with Gasteiger partial charge in [0.2, 0.25) is 0 Å². The van der Waals surface area contributed by atoms with E-state index in [9.17, 15) is 13.6 Å². The van der Waals surface area contributed by atoms with Crippen molar-refractivity contribution >= 4 is 5.78 Å². The summed E-state index contributed by atoms with van der Waals surface area (Å²) in [5.41, 5.74) is -0.179. The standard InChI is InChI=1S/C14H17F2NO2/c1-3-17-11-7-19-6-9(11)14(18)12-10(15)5-4-8(2)13(12)16/h4-5,9,11,17H,3,6-7H2,1-2H3. The first-order chi connectivity index (χ1) is 9.06. The molecule has 1 aromatic rings. The third-order valence-corrected chi connectivity index (χ3v) is 3.41. The van der Waals surface area contributed by atoms with E-state index in [2.05, 4.69) is 5.32 Å². The Morgan fingerprint density at radius 3 is 2.84 bits per heavy atom. The molecule has 1 heterocycles. The van der Waals surface area contributed by atoms with E-state index < -0.39 is 28.9 Å². The van der Waals surface area contributed by atoms with Crippen LogP contribution in [0.1, 0.15) is 22.8 Å². The molecule has 2 unspecified atom stereocenters. The fraction of sp³-hybridized carbons (Fsp3) is 0.500. The summed E-state index contributed by atoms with van der Waals surface area (Å²) in [6.45, 7) is 4.69. The van der Waals surface area contributed by atoms with Gasteiger partial charge in [0.25, 0.3) is 0 Å². The summed E-state index contributed by atoms with van der Waals surface area (Å²) in [5, 5.41) is 3.11. The van der Waals surface area contributed by atoms with Crippen LogP contribution in [0.3, 0.4) is 0 Å². The van der Waals surface area contributed by atoms with E-state index >= 15 is 0 Å². The summed E-state index contributed by atoms with van der Waals surface area (Å²) in [5.74, 6) is -2.64. The SMILES string of the molecule is CCNC1COCC1C(=O)c1c(F)ccc(C)c1F. The fourth-order valence-corrected chi connectivity index (χ4v) is 2.34. The molecule has 0 aromatic heterocycles. The van der Waals surface area contributed by atoms with Crippen LogP contribution >= 0.6 is 0 Å². The predicted molar refractivity (Wildman–Crippen MR) is 67.2 cm³/mol. The van der Waals surface area contributed by atoms with Crippen molar-refractivity contribution in [3.63, 3.8) is 0 Å². The maximum atomic E-state index is 14.0. The Balaban J connectivity index is 2.31. The van der Waals surface area contributed by atoms with Gasteiger partial charge >= 0.3 is 0 Å². The Kier molecular flexibility index (Phi) is 4.27. The largest absolute Gasteiger partial charge is 0.379 e. The molecule has 1 saturated heterocycles. The number of aryl methyl sites for hydroxylation is 1. The average Bonchev–Trinajstić information content (AvgIpc) is 2.83. The maximum Gasteiger partial charge on any atom is 0.175 e. The Labute approximate surface area is 111 Å². The number of likely N-dealkylation sites (N-methyl/N-ethyl adjacent to an activating group) is 1. The van der Waals surface area contributed by atoms with Gasteiger partial charge in [-0.15, -0.1) is 0 Å². The molecule has 19 heavy (non-hydrogen) atoms. The normalized spacial score (nSPS) is 22.7. The molecular weight excluding hydrogens is 252 g/mol. The summed E-state index contributed by atoms with van der Waals surface area (Å²) in [6.07, 6.45) is 0. The molecular formula is C14H17F2NO2. The van der Waals surface area contributed by atoms with Crippen LogP contribution in [0.4, 0.5) is 8.78 Å². The molecule has 5 heteroatoms. The van der Waals surface area contributed by atoms with Crippen molar-refractivity contribution in [2.75, 3.05) is 19.8 Å². The lowest BCUT2D eigenvalue weighted by Crippen LogP contribution is -2.39. The number of nitrogens with one attached hydrogen (secondary N) is 1. The summed E-state index contributed by atoms with van der Waals surface area (Å²) in [7, 11) is 0. The number of ether oxygens (including phenoxy) is 1. The Morgan fingerprint density at radius 1 is 1.42 bits per heavy atom. The first-order valence-corrected chi connectivity index (χ1v) is 6.36. The molecule has 1 aliphatic rings. The number of benzene rings is 1. The van der Waals surface area contributed by atoms with Gasteiger partial charge < -0.3 is 10.1 Å². The molecule has 2 atom stereocenters. The number of carbonyl (C=O) groups excluding carboxylic acids is 1. The third kappa shape index (κ3) is 2.67. The minimum Gasteiger partial charge on any atom is -0.379 e. The zero-order valence-corrected chi connectivity index (χ0v) is 11.0. The van der Waals surface area contributed by atoms with Gasteiger partial charge in [-0.3, -0.25) is 4.79 Å². The lowest BCUT2D eigenvalue weighted by molar-refractivity contribution is 0.0883. The minimum atomic E-state index is -0.810. The second-order valence-corrected chi connectivity index (χ2v) is 4.73. The van der Waals surface area contributed by atoms with Gasteiger partial charge in [-0.25, -0.2) is 8.78 Å². The molecule has 1 aliphatic heterocycles. The fourth-order valence-electron chi connectivity index (χ4n) is 2.34. The van der Waals surface area contributed by atoms with Gasteiger partial charge in [0.05, 0.1) is 24.7 Å².